The second-order valence-corrected chi connectivity index (χ2v) is 8.08. The quantitative estimate of drug-likeness (QED) is 0.810. The van der Waals surface area contributed by atoms with Crippen molar-refractivity contribution in [1.29, 1.82) is 0 Å². The van der Waals surface area contributed by atoms with Crippen molar-refractivity contribution in [3.63, 3.8) is 0 Å². The molecule has 0 bridgehead atoms. The second kappa shape index (κ2) is 7.31. The van der Waals surface area contributed by atoms with E-state index in [9.17, 15) is 12.8 Å². The van der Waals surface area contributed by atoms with Crippen LogP contribution in [0, 0.1) is 5.82 Å². The van der Waals surface area contributed by atoms with Crippen LogP contribution >= 0.6 is 0 Å². The maximum absolute atomic E-state index is 13.3. The van der Waals surface area contributed by atoms with E-state index in [0.29, 0.717) is 11.3 Å². The number of benzene rings is 1. The summed E-state index contributed by atoms with van der Waals surface area (Å²) >= 11 is 0. The largest absolute Gasteiger partial charge is 0.241 e. The molecular weight excluding hydrogens is 341 g/mol. The molecule has 0 saturated carbocycles. The summed E-state index contributed by atoms with van der Waals surface area (Å²) < 4.78 is 38.1. The molecule has 0 radical (unpaired) electrons. The molecule has 2 rings (SSSR count). The Hall–Kier alpha value is -2.28. The lowest BCUT2D eigenvalue weighted by molar-refractivity contribution is 0.599. The van der Waals surface area contributed by atoms with Crippen molar-refractivity contribution in [1.82, 2.24) is 9.97 Å². The smallest absolute Gasteiger partial charge is 0.239 e. The summed E-state index contributed by atoms with van der Waals surface area (Å²) in [6.45, 7) is 5.84. The SMILES string of the molecule is CC=Cc1c(-c2ccc(F)cc2)nc(N(C)S(C)(=O)=O)nc1C(C)C. The Balaban J connectivity index is 2.81. The highest BCUT2D eigenvalue weighted by molar-refractivity contribution is 7.92. The summed E-state index contributed by atoms with van der Waals surface area (Å²) in [5.74, 6) is -0.193. The van der Waals surface area contributed by atoms with Crippen LogP contribution in [0.4, 0.5) is 10.3 Å². The molecule has 134 valence electrons. The topological polar surface area (TPSA) is 63.2 Å². The molecule has 1 aromatic carbocycles. The van der Waals surface area contributed by atoms with Gasteiger partial charge in [0.25, 0.3) is 0 Å². The molecule has 0 spiro atoms. The summed E-state index contributed by atoms with van der Waals surface area (Å²) in [7, 11) is -2.08. The Kier molecular flexibility index (Phi) is 5.57. The lowest BCUT2D eigenvalue weighted by Gasteiger charge is -2.20. The minimum Gasteiger partial charge on any atom is -0.241 e. The maximum atomic E-state index is 13.3. The van der Waals surface area contributed by atoms with Gasteiger partial charge < -0.3 is 0 Å². The Morgan fingerprint density at radius 2 is 1.76 bits per heavy atom. The third-order valence-electron chi connectivity index (χ3n) is 3.74. The van der Waals surface area contributed by atoms with Crippen LogP contribution in [-0.4, -0.2) is 31.7 Å². The Morgan fingerprint density at radius 1 is 1.16 bits per heavy atom. The zero-order valence-electron chi connectivity index (χ0n) is 15.0. The highest BCUT2D eigenvalue weighted by Gasteiger charge is 2.21. The van der Waals surface area contributed by atoms with Crippen LogP contribution in [0.15, 0.2) is 30.3 Å². The fourth-order valence-electron chi connectivity index (χ4n) is 2.36. The van der Waals surface area contributed by atoms with Crippen molar-refractivity contribution < 1.29 is 12.8 Å². The van der Waals surface area contributed by atoms with E-state index in [2.05, 4.69) is 9.97 Å². The van der Waals surface area contributed by atoms with Crippen LogP contribution < -0.4 is 4.31 Å². The van der Waals surface area contributed by atoms with Gasteiger partial charge >= 0.3 is 0 Å². The van der Waals surface area contributed by atoms with Crippen molar-refractivity contribution >= 4 is 22.0 Å². The Bertz CT molecular complexity index is 891. The van der Waals surface area contributed by atoms with Gasteiger partial charge in [0.05, 0.1) is 17.6 Å². The number of allylic oxidation sites excluding steroid dienone is 1. The van der Waals surface area contributed by atoms with E-state index in [1.165, 1.54) is 19.2 Å². The zero-order chi connectivity index (χ0) is 18.8. The Labute approximate surface area is 148 Å². The number of halogens is 1. The molecule has 0 N–H and O–H groups in total. The van der Waals surface area contributed by atoms with Gasteiger partial charge in [0, 0.05) is 18.2 Å². The lowest BCUT2D eigenvalue weighted by atomic mass is 9.98. The van der Waals surface area contributed by atoms with Gasteiger partial charge in [-0.15, -0.1) is 0 Å². The molecule has 2 aromatic rings. The van der Waals surface area contributed by atoms with Crippen molar-refractivity contribution in [3.05, 3.63) is 47.4 Å². The number of hydrogen-bond acceptors (Lipinski definition) is 4. The van der Waals surface area contributed by atoms with Crippen molar-refractivity contribution in [2.75, 3.05) is 17.6 Å². The third kappa shape index (κ3) is 4.22. The predicted molar refractivity (Wildman–Crippen MR) is 99.5 cm³/mol. The molecule has 5 nitrogen and oxygen atoms in total. The van der Waals surface area contributed by atoms with E-state index >= 15 is 0 Å². The van der Waals surface area contributed by atoms with Gasteiger partial charge in [-0.25, -0.2) is 27.1 Å². The predicted octanol–water partition coefficient (Wildman–Crippen LogP) is 3.84. The highest BCUT2D eigenvalue weighted by atomic mass is 32.2. The first-order valence-electron chi connectivity index (χ1n) is 7.89. The van der Waals surface area contributed by atoms with Gasteiger partial charge in [-0.2, -0.15) is 0 Å². The molecule has 25 heavy (non-hydrogen) atoms. The van der Waals surface area contributed by atoms with Crippen LogP contribution in [0.1, 0.15) is 37.9 Å². The molecule has 0 fully saturated rings. The minimum atomic E-state index is -3.50. The van der Waals surface area contributed by atoms with Crippen LogP contribution in [0.5, 0.6) is 0 Å². The van der Waals surface area contributed by atoms with E-state index in [-0.39, 0.29) is 17.7 Å². The molecule has 0 unspecified atom stereocenters. The summed E-state index contributed by atoms with van der Waals surface area (Å²) in [5.41, 5.74) is 2.80. The molecule has 0 aliphatic rings. The first-order valence-corrected chi connectivity index (χ1v) is 9.74. The van der Waals surface area contributed by atoms with Crippen LogP contribution in [-0.2, 0) is 10.0 Å². The Morgan fingerprint density at radius 3 is 2.24 bits per heavy atom. The summed E-state index contributed by atoms with van der Waals surface area (Å²) in [4.78, 5) is 8.93. The molecule has 0 amide bonds. The fourth-order valence-corrected chi connectivity index (χ4v) is 2.74. The molecule has 0 saturated heterocycles. The molecule has 0 atom stereocenters. The molecule has 0 aliphatic heterocycles. The number of nitrogens with zero attached hydrogens (tertiary/aromatic N) is 3. The zero-order valence-corrected chi connectivity index (χ0v) is 15.8. The van der Waals surface area contributed by atoms with Crippen LogP contribution in [0.3, 0.4) is 0 Å². The molecule has 1 heterocycles. The van der Waals surface area contributed by atoms with Gasteiger partial charge in [-0.05, 0) is 37.1 Å². The summed E-state index contributed by atoms with van der Waals surface area (Å²) in [5, 5.41) is 0. The van der Waals surface area contributed by atoms with Crippen LogP contribution in [0.25, 0.3) is 17.3 Å². The second-order valence-electron chi connectivity index (χ2n) is 6.06. The first kappa shape index (κ1) is 19.1. The first-order chi connectivity index (χ1) is 11.6. The number of rotatable bonds is 5. The van der Waals surface area contributed by atoms with Gasteiger partial charge in [0.2, 0.25) is 16.0 Å². The van der Waals surface area contributed by atoms with Crippen molar-refractivity contribution in [2.24, 2.45) is 0 Å². The van der Waals surface area contributed by atoms with E-state index in [1.54, 1.807) is 12.1 Å². The van der Waals surface area contributed by atoms with Gasteiger partial charge in [-0.3, -0.25) is 0 Å². The van der Waals surface area contributed by atoms with Crippen molar-refractivity contribution in [2.45, 2.75) is 26.7 Å². The molecule has 1 aromatic heterocycles. The van der Waals surface area contributed by atoms with Crippen molar-refractivity contribution in [3.8, 4) is 11.3 Å². The minimum absolute atomic E-state index is 0.0557. The molecular formula is C18H22FN3O2S. The highest BCUT2D eigenvalue weighted by Crippen LogP contribution is 2.31. The van der Waals surface area contributed by atoms with E-state index in [0.717, 1.165) is 21.8 Å². The van der Waals surface area contributed by atoms with Gasteiger partial charge in [0.15, 0.2) is 0 Å². The number of sulfonamides is 1. The summed E-state index contributed by atoms with van der Waals surface area (Å²) in [6, 6.07) is 5.95. The van der Waals surface area contributed by atoms with E-state index in [1.807, 2.05) is 32.9 Å². The number of anilines is 1. The fraction of sp³-hybridized carbons (Fsp3) is 0.333. The maximum Gasteiger partial charge on any atom is 0.239 e. The van der Waals surface area contributed by atoms with E-state index < -0.39 is 10.0 Å². The number of hydrogen-bond donors (Lipinski definition) is 0. The molecule has 0 aliphatic carbocycles. The number of aromatic nitrogens is 2. The van der Waals surface area contributed by atoms with Crippen LogP contribution in [0.2, 0.25) is 0 Å². The monoisotopic (exact) mass is 363 g/mol. The van der Waals surface area contributed by atoms with Gasteiger partial charge in [0.1, 0.15) is 5.82 Å². The standard InChI is InChI=1S/C18H22FN3O2S/c1-6-7-15-16(12(2)3)20-18(22(4)25(5,23)24)21-17(15)13-8-10-14(19)11-9-13/h6-12H,1-5H3. The molecule has 7 heteroatoms. The summed E-state index contributed by atoms with van der Waals surface area (Å²) in [6.07, 6.45) is 4.86. The average Bonchev–Trinajstić information content (AvgIpc) is 2.54. The van der Waals surface area contributed by atoms with E-state index in [4.69, 9.17) is 0 Å². The third-order valence-corrected chi connectivity index (χ3v) is 4.90. The average molecular weight is 363 g/mol. The normalized spacial score (nSPS) is 12.1. The lowest BCUT2D eigenvalue weighted by Crippen LogP contribution is -2.27. The van der Waals surface area contributed by atoms with Gasteiger partial charge in [-0.1, -0.05) is 26.0 Å².